The second kappa shape index (κ2) is 7.91. The molecule has 0 spiro atoms. The summed E-state index contributed by atoms with van der Waals surface area (Å²) in [4.78, 5) is 16.1. The summed E-state index contributed by atoms with van der Waals surface area (Å²) < 4.78 is 1.03. The average Bonchev–Trinajstić information content (AvgIpc) is 3.00. The number of fused-ring (bicyclic) bond motifs is 1. The lowest BCUT2D eigenvalue weighted by molar-refractivity contribution is 0.726. The van der Waals surface area contributed by atoms with Gasteiger partial charge in [-0.2, -0.15) is 5.10 Å². The lowest BCUT2D eigenvalue weighted by Crippen LogP contribution is -2.25. The van der Waals surface area contributed by atoms with Crippen LogP contribution in [0.1, 0.15) is 25.7 Å². The van der Waals surface area contributed by atoms with Crippen LogP contribution in [0.15, 0.2) is 53.4 Å². The van der Waals surface area contributed by atoms with Crippen molar-refractivity contribution >= 4 is 32.7 Å². The molecule has 7 heteroatoms. The predicted molar refractivity (Wildman–Crippen MR) is 119 cm³/mol. The summed E-state index contributed by atoms with van der Waals surface area (Å²) in [5.74, 6) is 1.00. The van der Waals surface area contributed by atoms with Crippen molar-refractivity contribution < 1.29 is 0 Å². The third-order valence-electron chi connectivity index (χ3n) is 5.38. The first kappa shape index (κ1) is 18.2. The highest BCUT2D eigenvalue weighted by molar-refractivity contribution is 9.10. The largest absolute Gasteiger partial charge is 0.356 e. The average molecular weight is 449 g/mol. The maximum absolute atomic E-state index is 5.00. The first-order valence-corrected chi connectivity index (χ1v) is 10.8. The number of halogens is 1. The summed E-state index contributed by atoms with van der Waals surface area (Å²) >= 11 is 3.70. The number of nitrogens with zero attached hydrogens (tertiary/aromatic N) is 5. The van der Waals surface area contributed by atoms with E-state index in [1.165, 1.54) is 25.7 Å². The van der Waals surface area contributed by atoms with Gasteiger partial charge in [0.1, 0.15) is 11.5 Å². The van der Waals surface area contributed by atoms with E-state index in [0.29, 0.717) is 0 Å². The summed E-state index contributed by atoms with van der Waals surface area (Å²) in [6, 6.07) is 10.1. The van der Waals surface area contributed by atoms with Crippen molar-refractivity contribution in [2.75, 3.05) is 18.0 Å². The van der Waals surface area contributed by atoms with Gasteiger partial charge < -0.3 is 4.90 Å². The third kappa shape index (κ3) is 3.62. The van der Waals surface area contributed by atoms with E-state index in [4.69, 9.17) is 4.98 Å². The Morgan fingerprint density at radius 1 is 0.966 bits per heavy atom. The van der Waals surface area contributed by atoms with E-state index in [0.717, 1.165) is 56.9 Å². The molecule has 1 fully saturated rings. The molecule has 0 saturated carbocycles. The quantitative estimate of drug-likeness (QED) is 0.464. The van der Waals surface area contributed by atoms with Crippen molar-refractivity contribution in [2.24, 2.45) is 0 Å². The Balaban J connectivity index is 1.57. The minimum Gasteiger partial charge on any atom is -0.356 e. The fraction of sp³-hybridized carbons (Fsp3) is 0.273. The molecule has 0 radical (unpaired) electrons. The zero-order valence-corrected chi connectivity index (χ0v) is 17.6. The van der Waals surface area contributed by atoms with Gasteiger partial charge in [0.2, 0.25) is 0 Å². The molecule has 0 aliphatic carbocycles. The van der Waals surface area contributed by atoms with Crippen LogP contribution in [0.4, 0.5) is 5.82 Å². The molecule has 29 heavy (non-hydrogen) atoms. The molecule has 0 amide bonds. The van der Waals surface area contributed by atoms with Crippen molar-refractivity contribution in [3.05, 3.63) is 53.4 Å². The minimum absolute atomic E-state index is 0.844. The van der Waals surface area contributed by atoms with Crippen LogP contribution in [0.2, 0.25) is 0 Å². The van der Waals surface area contributed by atoms with Crippen molar-refractivity contribution in [2.45, 2.75) is 25.7 Å². The monoisotopic (exact) mass is 448 g/mol. The van der Waals surface area contributed by atoms with Crippen molar-refractivity contribution in [3.8, 4) is 22.6 Å². The Labute approximate surface area is 177 Å². The fourth-order valence-electron chi connectivity index (χ4n) is 3.85. The van der Waals surface area contributed by atoms with Crippen LogP contribution >= 0.6 is 15.9 Å². The van der Waals surface area contributed by atoms with Gasteiger partial charge in [-0.25, -0.2) is 4.98 Å². The third-order valence-corrected chi connectivity index (χ3v) is 6.00. The Kier molecular flexibility index (Phi) is 4.97. The highest BCUT2D eigenvalue weighted by Crippen LogP contribution is 2.32. The van der Waals surface area contributed by atoms with Gasteiger partial charge in [0.25, 0.3) is 0 Å². The summed E-state index contributed by atoms with van der Waals surface area (Å²) in [5.41, 5.74) is 4.46. The number of anilines is 1. The Morgan fingerprint density at radius 3 is 2.62 bits per heavy atom. The lowest BCUT2D eigenvalue weighted by Gasteiger charge is -2.23. The van der Waals surface area contributed by atoms with E-state index in [-0.39, 0.29) is 0 Å². The van der Waals surface area contributed by atoms with Gasteiger partial charge in [-0.15, -0.1) is 0 Å². The van der Waals surface area contributed by atoms with Crippen molar-refractivity contribution in [1.82, 2.24) is 25.1 Å². The molecule has 0 bridgehead atoms. The number of hydrogen-bond acceptors (Lipinski definition) is 5. The second-order valence-electron chi connectivity index (χ2n) is 7.33. The smallest absolute Gasteiger partial charge is 0.143 e. The number of aromatic amines is 1. The van der Waals surface area contributed by atoms with Crippen LogP contribution in [0, 0.1) is 0 Å². The van der Waals surface area contributed by atoms with Crippen LogP contribution < -0.4 is 4.90 Å². The zero-order valence-electron chi connectivity index (χ0n) is 16.0. The molecule has 1 aliphatic rings. The SMILES string of the molecule is Brc1ccc(-c2n[nH]c3cnc(-c4cccnc4)cc23)nc1N1CCCCCC1. The number of pyridine rings is 3. The van der Waals surface area contributed by atoms with Gasteiger partial charge in [-0.05, 0) is 59.1 Å². The molecule has 4 aromatic heterocycles. The van der Waals surface area contributed by atoms with Gasteiger partial charge in [-0.1, -0.05) is 12.8 Å². The number of H-pyrrole nitrogens is 1. The van der Waals surface area contributed by atoms with Crippen LogP contribution in [-0.2, 0) is 0 Å². The molecule has 0 unspecified atom stereocenters. The molecule has 5 rings (SSSR count). The number of aromatic nitrogens is 5. The summed E-state index contributed by atoms with van der Waals surface area (Å²) in [7, 11) is 0. The molecule has 1 aliphatic heterocycles. The molecule has 5 heterocycles. The van der Waals surface area contributed by atoms with Gasteiger partial charge in [0.15, 0.2) is 0 Å². The van der Waals surface area contributed by atoms with Gasteiger partial charge in [-0.3, -0.25) is 15.1 Å². The van der Waals surface area contributed by atoms with Crippen LogP contribution in [0.5, 0.6) is 0 Å². The topological polar surface area (TPSA) is 70.6 Å². The fourth-order valence-corrected chi connectivity index (χ4v) is 4.32. The Hall–Kier alpha value is -2.80. The van der Waals surface area contributed by atoms with E-state index in [2.05, 4.69) is 53.1 Å². The summed E-state index contributed by atoms with van der Waals surface area (Å²) in [5, 5.41) is 8.66. The van der Waals surface area contributed by atoms with E-state index in [1.54, 1.807) is 6.20 Å². The second-order valence-corrected chi connectivity index (χ2v) is 8.19. The molecule has 1 saturated heterocycles. The van der Waals surface area contributed by atoms with E-state index in [9.17, 15) is 0 Å². The summed E-state index contributed by atoms with van der Waals surface area (Å²) in [6.45, 7) is 2.09. The van der Waals surface area contributed by atoms with Crippen molar-refractivity contribution in [3.63, 3.8) is 0 Å². The number of rotatable bonds is 3. The van der Waals surface area contributed by atoms with Gasteiger partial charge >= 0.3 is 0 Å². The molecule has 146 valence electrons. The predicted octanol–water partition coefficient (Wildman–Crippen LogP) is 5.22. The first-order valence-electron chi connectivity index (χ1n) is 9.96. The molecular formula is C22H21BrN6. The molecule has 0 aromatic carbocycles. The van der Waals surface area contributed by atoms with Crippen LogP contribution in [-0.4, -0.2) is 38.2 Å². The normalized spacial score (nSPS) is 14.9. The summed E-state index contributed by atoms with van der Waals surface area (Å²) in [6.07, 6.45) is 10.4. The van der Waals surface area contributed by atoms with E-state index < -0.39 is 0 Å². The van der Waals surface area contributed by atoms with Crippen molar-refractivity contribution in [1.29, 1.82) is 0 Å². The Morgan fingerprint density at radius 2 is 1.83 bits per heavy atom. The van der Waals surface area contributed by atoms with Gasteiger partial charge in [0.05, 0.1) is 27.6 Å². The van der Waals surface area contributed by atoms with E-state index >= 15 is 0 Å². The highest BCUT2D eigenvalue weighted by atomic mass is 79.9. The van der Waals surface area contributed by atoms with Crippen LogP contribution in [0.25, 0.3) is 33.5 Å². The molecule has 6 nitrogen and oxygen atoms in total. The minimum atomic E-state index is 0.844. The molecule has 0 atom stereocenters. The first-order chi connectivity index (χ1) is 14.3. The Bertz CT molecular complexity index is 1130. The van der Waals surface area contributed by atoms with Gasteiger partial charge in [0, 0.05) is 36.4 Å². The highest BCUT2D eigenvalue weighted by Gasteiger charge is 2.18. The standard InChI is InChI=1S/C22H21BrN6/c23-17-7-8-18(26-22(17)29-10-3-1-2-4-11-29)21-16-12-19(15-6-5-9-24-13-15)25-14-20(16)27-28-21/h5-9,12-14H,1-4,10-11H2,(H,27,28). The number of hydrogen-bond donors (Lipinski definition) is 1. The molecular weight excluding hydrogens is 428 g/mol. The lowest BCUT2D eigenvalue weighted by atomic mass is 10.1. The number of nitrogens with one attached hydrogen (secondary N) is 1. The maximum Gasteiger partial charge on any atom is 0.143 e. The zero-order chi connectivity index (χ0) is 19.6. The molecule has 1 N–H and O–H groups in total. The van der Waals surface area contributed by atoms with Crippen LogP contribution in [0.3, 0.4) is 0 Å². The van der Waals surface area contributed by atoms with E-state index in [1.807, 2.05) is 30.6 Å². The molecule has 4 aromatic rings. The maximum atomic E-state index is 5.00.